The van der Waals surface area contributed by atoms with Crippen molar-refractivity contribution in [3.8, 4) is 28.7 Å². The zero-order valence-corrected chi connectivity index (χ0v) is 30.6. The Balaban J connectivity index is 0.00000364. The van der Waals surface area contributed by atoms with Gasteiger partial charge in [-0.05, 0) is 57.3 Å². The molecule has 4 heterocycles. The fraction of sp³-hybridized carbons (Fsp3) is 0.238. The molecule has 0 amide bonds. The number of pyridine rings is 1. The van der Waals surface area contributed by atoms with E-state index in [4.69, 9.17) is 9.72 Å². The van der Waals surface area contributed by atoms with Gasteiger partial charge in [0.1, 0.15) is 5.82 Å². The molecule has 5 nitrogen and oxygen atoms in total. The van der Waals surface area contributed by atoms with Crippen LogP contribution in [0.4, 0.5) is 0 Å². The number of benzene rings is 4. The number of hydrogen-bond donors (Lipinski definition) is 0. The minimum Gasteiger partial charge on any atom is -0.510 e. The van der Waals surface area contributed by atoms with E-state index in [1.54, 1.807) is 0 Å². The van der Waals surface area contributed by atoms with E-state index in [0.29, 0.717) is 11.5 Å². The maximum Gasteiger partial charge on any atom is 0.267 e. The Morgan fingerprint density at radius 1 is 0.771 bits per heavy atom. The minimum absolute atomic E-state index is 0. The van der Waals surface area contributed by atoms with Crippen LogP contribution in [0.2, 0.25) is 0 Å². The zero-order valence-electron chi connectivity index (χ0n) is 28.3. The molecule has 0 N–H and O–H groups in total. The van der Waals surface area contributed by atoms with Crippen LogP contribution in [0.1, 0.15) is 65.3 Å². The summed E-state index contributed by atoms with van der Waals surface area (Å²) in [6.45, 7) is 16.0. The van der Waals surface area contributed by atoms with E-state index in [9.17, 15) is 0 Å². The average molecular weight is 810 g/mol. The molecule has 0 saturated heterocycles. The molecule has 0 bridgehead atoms. The summed E-state index contributed by atoms with van der Waals surface area (Å²) < 4.78 is 12.9. The molecule has 0 spiro atoms. The van der Waals surface area contributed by atoms with E-state index in [1.165, 1.54) is 22.5 Å². The molecule has 0 saturated carbocycles. The van der Waals surface area contributed by atoms with Gasteiger partial charge < -0.3 is 13.9 Å². The molecule has 1 aliphatic rings. The summed E-state index contributed by atoms with van der Waals surface area (Å²) in [4.78, 5) is 4.80. The Bertz CT molecular complexity index is 2340. The molecule has 1 aliphatic heterocycles. The average Bonchev–Trinajstić information content (AvgIpc) is 3.65. The third kappa shape index (κ3) is 4.94. The first kappa shape index (κ1) is 32.1. The fourth-order valence-electron chi connectivity index (χ4n) is 6.91. The van der Waals surface area contributed by atoms with Crippen LogP contribution in [-0.4, -0.2) is 14.1 Å². The summed E-state index contributed by atoms with van der Waals surface area (Å²) in [7, 11) is 0. The molecule has 7 aromatic rings. The molecule has 0 fully saturated rings. The van der Waals surface area contributed by atoms with Gasteiger partial charge in [0.05, 0.1) is 11.4 Å². The molecular weight excluding hydrogens is 772 g/mol. The van der Waals surface area contributed by atoms with Gasteiger partial charge in [-0.15, -0.1) is 29.7 Å². The van der Waals surface area contributed by atoms with E-state index in [1.807, 2.05) is 35.0 Å². The van der Waals surface area contributed by atoms with Crippen molar-refractivity contribution in [3.05, 3.63) is 139 Å². The number of aromatic nitrogens is 4. The van der Waals surface area contributed by atoms with E-state index < -0.39 is 0 Å². The molecular formula is C42H38N4OPt-2. The van der Waals surface area contributed by atoms with Crippen LogP contribution in [0, 0.1) is 18.5 Å². The van der Waals surface area contributed by atoms with Gasteiger partial charge in [-0.25, -0.2) is 4.98 Å². The van der Waals surface area contributed by atoms with Crippen molar-refractivity contribution >= 4 is 21.8 Å². The van der Waals surface area contributed by atoms with Gasteiger partial charge in [0.25, 0.3) is 6.33 Å². The molecule has 8 rings (SSSR count). The predicted octanol–water partition coefficient (Wildman–Crippen LogP) is 9.30. The van der Waals surface area contributed by atoms with Crippen LogP contribution in [0.15, 0.2) is 103 Å². The molecule has 0 atom stereocenters. The Kier molecular flexibility index (Phi) is 7.56. The summed E-state index contributed by atoms with van der Waals surface area (Å²) in [6, 6.07) is 38.5. The Morgan fingerprint density at radius 2 is 1.52 bits per heavy atom. The van der Waals surface area contributed by atoms with Crippen LogP contribution in [0.25, 0.3) is 39.0 Å². The third-order valence-electron chi connectivity index (χ3n) is 10.4. The Hall–Kier alpha value is -4.47. The van der Waals surface area contributed by atoms with Crippen LogP contribution in [-0.2, 0) is 37.3 Å². The quantitative estimate of drug-likeness (QED) is 0.131. The molecule has 6 heteroatoms. The maximum atomic E-state index is 6.47. The number of fused-ring (bicyclic) bond motifs is 6. The molecule has 0 radical (unpaired) electrons. The monoisotopic (exact) mass is 809 g/mol. The first-order valence-corrected chi connectivity index (χ1v) is 16.2. The van der Waals surface area contributed by atoms with E-state index in [-0.39, 0.29) is 37.3 Å². The molecule has 48 heavy (non-hydrogen) atoms. The second-order valence-corrected chi connectivity index (χ2v) is 14.7. The second kappa shape index (κ2) is 11.3. The zero-order chi connectivity index (χ0) is 32.7. The SMILES string of the molecule is CC(C)(C)c1ccnc(-n2c3[c-]c(Oc4[c-]c(-n5[c-][n+]6c(c5)C(C)(C)C(C)(C)c5ccccc5-6)ccc4)ccc3c3ccccc32)c1.[Pt]. The minimum atomic E-state index is -0.124. The summed E-state index contributed by atoms with van der Waals surface area (Å²) in [5, 5.41) is 2.25. The van der Waals surface area contributed by atoms with Crippen molar-refractivity contribution in [2.45, 2.75) is 64.7 Å². The summed E-state index contributed by atoms with van der Waals surface area (Å²) in [5.41, 5.74) is 7.60. The van der Waals surface area contributed by atoms with Crippen LogP contribution in [0.3, 0.4) is 0 Å². The van der Waals surface area contributed by atoms with Gasteiger partial charge in [0.15, 0.2) is 0 Å². The van der Waals surface area contributed by atoms with E-state index in [2.05, 4.69) is 149 Å². The van der Waals surface area contributed by atoms with Crippen molar-refractivity contribution in [1.82, 2.24) is 14.1 Å². The number of rotatable bonds is 4. The first-order valence-electron chi connectivity index (χ1n) is 16.2. The summed E-state index contributed by atoms with van der Waals surface area (Å²) in [6.07, 6.45) is 7.68. The van der Waals surface area contributed by atoms with Crippen molar-refractivity contribution < 1.29 is 30.4 Å². The maximum absolute atomic E-state index is 6.47. The summed E-state index contributed by atoms with van der Waals surface area (Å²) in [5.74, 6) is 2.09. The number of imidazole rings is 1. The number of nitrogens with zero attached hydrogens (tertiary/aromatic N) is 4. The molecule has 4 aromatic carbocycles. The smallest absolute Gasteiger partial charge is 0.267 e. The Morgan fingerprint density at radius 3 is 2.33 bits per heavy atom. The largest absolute Gasteiger partial charge is 0.510 e. The van der Waals surface area contributed by atoms with E-state index >= 15 is 0 Å². The number of ether oxygens (including phenoxy) is 1. The molecule has 0 aliphatic carbocycles. The van der Waals surface area contributed by atoms with Gasteiger partial charge in [-0.3, -0.25) is 4.57 Å². The topological polar surface area (TPSA) is 35.9 Å². The fourth-order valence-corrected chi connectivity index (χ4v) is 6.91. The summed E-state index contributed by atoms with van der Waals surface area (Å²) >= 11 is 0. The third-order valence-corrected chi connectivity index (χ3v) is 10.4. The first-order chi connectivity index (χ1) is 22.4. The van der Waals surface area contributed by atoms with Crippen molar-refractivity contribution in [2.24, 2.45) is 0 Å². The molecule has 3 aromatic heterocycles. The normalized spacial score (nSPS) is 14.7. The van der Waals surface area contributed by atoms with Crippen LogP contribution in [0.5, 0.6) is 11.5 Å². The van der Waals surface area contributed by atoms with Crippen LogP contribution < -0.4 is 9.30 Å². The van der Waals surface area contributed by atoms with Crippen molar-refractivity contribution in [1.29, 1.82) is 0 Å². The second-order valence-electron chi connectivity index (χ2n) is 14.7. The number of hydrogen-bond acceptors (Lipinski definition) is 2. The van der Waals surface area contributed by atoms with Gasteiger partial charge in [0.2, 0.25) is 0 Å². The van der Waals surface area contributed by atoms with Gasteiger partial charge in [-0.2, -0.15) is 18.2 Å². The molecule has 0 unspecified atom stereocenters. The van der Waals surface area contributed by atoms with Crippen LogP contribution >= 0.6 is 0 Å². The van der Waals surface area contributed by atoms with Gasteiger partial charge in [-0.1, -0.05) is 90.4 Å². The van der Waals surface area contributed by atoms with E-state index in [0.717, 1.165) is 33.3 Å². The Labute approximate surface area is 297 Å². The van der Waals surface area contributed by atoms with Crippen molar-refractivity contribution in [3.63, 3.8) is 0 Å². The standard InChI is InChI=1S/C42H38N4O.Pt/c1-40(2,3)28-21-22-43-39(23-28)46-35-17-10-8-15-32(35)33-20-19-31(25-37(33)46)47-30-14-12-13-29(24-30)44-26-38-42(6,7)41(4,5)34-16-9-11-18-36(34)45(38)27-44;/h8-23,26H,1-7H3;/q-2;. The van der Waals surface area contributed by atoms with Gasteiger partial charge in [0, 0.05) is 55.9 Å². The molecule has 244 valence electrons. The number of para-hydroxylation sites is 2. The van der Waals surface area contributed by atoms with Gasteiger partial charge >= 0.3 is 0 Å². The van der Waals surface area contributed by atoms with Crippen molar-refractivity contribution in [2.75, 3.05) is 0 Å². The predicted molar refractivity (Wildman–Crippen MR) is 187 cm³/mol.